The van der Waals surface area contributed by atoms with Crippen LogP contribution < -0.4 is 15.0 Å². The molecule has 1 N–H and O–H groups in total. The Morgan fingerprint density at radius 1 is 0.800 bits per heavy atom. The highest BCUT2D eigenvalue weighted by Crippen LogP contribution is 2.34. The van der Waals surface area contributed by atoms with Gasteiger partial charge in [-0.3, -0.25) is 19.8 Å². The molecule has 4 aromatic rings. The van der Waals surface area contributed by atoms with E-state index < -0.39 is 11.8 Å². The molecule has 4 aromatic carbocycles. The standard InChI is InChI=1S/C29H20N2O3S/c32-27-25(17-20-12-11-19-10-9-18-5-4-8-24(20)26(18)19)28(33)31(29(35)30-27)21-13-15-23(16-14-21)34-22-6-2-1-3-7-22/h1-8,11-17H,9-10H2,(H,30,32,35)/b25-17-. The summed E-state index contributed by atoms with van der Waals surface area (Å²) in [6, 6.07) is 26.7. The lowest BCUT2D eigenvalue weighted by atomic mass is 9.97. The van der Waals surface area contributed by atoms with E-state index in [2.05, 4.69) is 17.4 Å². The van der Waals surface area contributed by atoms with E-state index in [9.17, 15) is 9.59 Å². The second-order valence-electron chi connectivity index (χ2n) is 8.52. The molecule has 1 fully saturated rings. The predicted molar refractivity (Wildman–Crippen MR) is 141 cm³/mol. The molecule has 0 atom stereocenters. The normalized spacial score (nSPS) is 16.2. The summed E-state index contributed by atoms with van der Waals surface area (Å²) < 4.78 is 5.84. The lowest BCUT2D eigenvalue weighted by molar-refractivity contribution is -0.122. The van der Waals surface area contributed by atoms with E-state index in [1.165, 1.54) is 21.4 Å². The van der Waals surface area contributed by atoms with Crippen molar-refractivity contribution < 1.29 is 14.3 Å². The highest BCUT2D eigenvalue weighted by molar-refractivity contribution is 7.80. The molecule has 1 heterocycles. The summed E-state index contributed by atoms with van der Waals surface area (Å²) in [6.07, 6.45) is 3.69. The number of thiocarbonyl (C=S) groups is 1. The summed E-state index contributed by atoms with van der Waals surface area (Å²) in [7, 11) is 0. The zero-order chi connectivity index (χ0) is 23.9. The zero-order valence-corrected chi connectivity index (χ0v) is 19.5. The molecule has 6 heteroatoms. The summed E-state index contributed by atoms with van der Waals surface area (Å²) in [6.45, 7) is 0. The molecule has 0 aromatic heterocycles. The molecule has 1 saturated heterocycles. The monoisotopic (exact) mass is 476 g/mol. The van der Waals surface area contributed by atoms with Crippen LogP contribution >= 0.6 is 12.2 Å². The summed E-state index contributed by atoms with van der Waals surface area (Å²) in [5.41, 5.74) is 4.04. The number of carbonyl (C=O) groups is 2. The maximum Gasteiger partial charge on any atom is 0.270 e. The van der Waals surface area contributed by atoms with Gasteiger partial charge in [-0.15, -0.1) is 0 Å². The van der Waals surface area contributed by atoms with Crippen molar-refractivity contribution in [3.63, 3.8) is 0 Å². The van der Waals surface area contributed by atoms with Crippen LogP contribution in [0, 0.1) is 0 Å². The van der Waals surface area contributed by atoms with Crippen molar-refractivity contribution in [2.75, 3.05) is 4.90 Å². The van der Waals surface area contributed by atoms with Gasteiger partial charge >= 0.3 is 0 Å². The predicted octanol–water partition coefficient (Wildman–Crippen LogP) is 5.56. The fourth-order valence-electron chi connectivity index (χ4n) is 4.73. The van der Waals surface area contributed by atoms with E-state index in [0.29, 0.717) is 17.2 Å². The van der Waals surface area contributed by atoms with E-state index in [0.717, 1.165) is 23.8 Å². The summed E-state index contributed by atoms with van der Waals surface area (Å²) in [5, 5.41) is 4.99. The van der Waals surface area contributed by atoms with Crippen molar-refractivity contribution >= 4 is 51.7 Å². The number of benzene rings is 4. The molecule has 1 aliphatic carbocycles. The topological polar surface area (TPSA) is 58.6 Å². The van der Waals surface area contributed by atoms with Crippen LogP contribution in [0.4, 0.5) is 5.69 Å². The van der Waals surface area contributed by atoms with Crippen molar-refractivity contribution in [3.05, 3.63) is 107 Å². The fourth-order valence-corrected chi connectivity index (χ4v) is 5.01. The van der Waals surface area contributed by atoms with E-state index in [1.54, 1.807) is 30.3 Å². The minimum Gasteiger partial charge on any atom is -0.457 e. The number of anilines is 1. The minimum atomic E-state index is -0.497. The van der Waals surface area contributed by atoms with Crippen molar-refractivity contribution in [3.8, 4) is 11.5 Å². The molecule has 0 saturated carbocycles. The molecule has 0 spiro atoms. The quantitative estimate of drug-likeness (QED) is 0.238. The molecule has 0 unspecified atom stereocenters. The van der Waals surface area contributed by atoms with Crippen molar-refractivity contribution in [2.24, 2.45) is 0 Å². The lowest BCUT2D eigenvalue weighted by Crippen LogP contribution is -2.54. The molecule has 1 aliphatic heterocycles. The van der Waals surface area contributed by atoms with Gasteiger partial charge < -0.3 is 4.74 Å². The maximum absolute atomic E-state index is 13.5. The molecule has 2 aliphatic rings. The molecule has 35 heavy (non-hydrogen) atoms. The number of nitrogens with zero attached hydrogens (tertiary/aromatic N) is 1. The van der Waals surface area contributed by atoms with Crippen LogP contribution in [-0.2, 0) is 22.4 Å². The Balaban J connectivity index is 1.33. The zero-order valence-electron chi connectivity index (χ0n) is 18.7. The molecule has 5 nitrogen and oxygen atoms in total. The highest BCUT2D eigenvalue weighted by Gasteiger charge is 2.34. The van der Waals surface area contributed by atoms with Gasteiger partial charge in [0.05, 0.1) is 5.69 Å². The van der Waals surface area contributed by atoms with E-state index in [-0.39, 0.29) is 10.7 Å². The van der Waals surface area contributed by atoms with Gasteiger partial charge in [-0.2, -0.15) is 0 Å². The number of nitrogens with one attached hydrogen (secondary N) is 1. The average molecular weight is 477 g/mol. The van der Waals surface area contributed by atoms with Crippen LogP contribution in [0.2, 0.25) is 0 Å². The Hall–Kier alpha value is -4.29. The van der Waals surface area contributed by atoms with Crippen LogP contribution in [0.15, 0.2) is 90.5 Å². The van der Waals surface area contributed by atoms with Gasteiger partial charge in [-0.1, -0.05) is 48.5 Å². The van der Waals surface area contributed by atoms with Gasteiger partial charge in [0.2, 0.25) is 0 Å². The first-order valence-corrected chi connectivity index (χ1v) is 11.8. The average Bonchev–Trinajstić information content (AvgIpc) is 3.29. The largest absolute Gasteiger partial charge is 0.457 e. The third-order valence-corrected chi connectivity index (χ3v) is 6.67. The first-order chi connectivity index (χ1) is 17.1. The van der Waals surface area contributed by atoms with E-state index in [1.807, 2.05) is 48.5 Å². The molecule has 0 bridgehead atoms. The second kappa shape index (κ2) is 8.49. The highest BCUT2D eigenvalue weighted by atomic mass is 32.1. The number of hydrogen-bond donors (Lipinski definition) is 1. The lowest BCUT2D eigenvalue weighted by Gasteiger charge is -2.29. The molecular formula is C29H20N2O3S. The van der Waals surface area contributed by atoms with Gasteiger partial charge in [0.25, 0.3) is 11.8 Å². The van der Waals surface area contributed by atoms with E-state index >= 15 is 0 Å². The number of carbonyl (C=O) groups excluding carboxylic acids is 2. The third kappa shape index (κ3) is 3.78. The SMILES string of the molecule is O=C1NC(=S)N(c2ccc(Oc3ccccc3)cc2)C(=O)/C1=C\c1ccc2c3c(cccc13)CC2. The van der Waals surface area contributed by atoms with Crippen LogP contribution in [0.3, 0.4) is 0 Å². The van der Waals surface area contributed by atoms with Gasteiger partial charge in [-0.05, 0) is 95.0 Å². The maximum atomic E-state index is 13.5. The van der Waals surface area contributed by atoms with Crippen molar-refractivity contribution in [1.29, 1.82) is 0 Å². The van der Waals surface area contributed by atoms with Crippen molar-refractivity contribution in [2.45, 2.75) is 12.8 Å². The number of para-hydroxylation sites is 1. The fraction of sp³-hybridized carbons (Fsp3) is 0.0690. The van der Waals surface area contributed by atoms with Gasteiger partial charge in [0.15, 0.2) is 5.11 Å². The number of rotatable bonds is 4. The Morgan fingerprint density at radius 3 is 2.29 bits per heavy atom. The summed E-state index contributed by atoms with van der Waals surface area (Å²) in [5.74, 6) is 0.387. The number of ether oxygens (including phenoxy) is 1. The minimum absolute atomic E-state index is 0.0434. The van der Waals surface area contributed by atoms with Crippen LogP contribution in [0.1, 0.15) is 16.7 Å². The molecule has 0 radical (unpaired) electrons. The summed E-state index contributed by atoms with van der Waals surface area (Å²) >= 11 is 5.35. The first kappa shape index (κ1) is 21.3. The third-order valence-electron chi connectivity index (χ3n) is 6.39. The number of aryl methyl sites for hydroxylation is 2. The molecule has 2 amide bonds. The van der Waals surface area contributed by atoms with Crippen LogP contribution in [0.5, 0.6) is 11.5 Å². The number of hydrogen-bond acceptors (Lipinski definition) is 4. The second-order valence-corrected chi connectivity index (χ2v) is 8.91. The van der Waals surface area contributed by atoms with E-state index in [4.69, 9.17) is 17.0 Å². The molecular weight excluding hydrogens is 456 g/mol. The Kier molecular flexibility index (Phi) is 5.16. The first-order valence-electron chi connectivity index (χ1n) is 11.4. The van der Waals surface area contributed by atoms with Gasteiger partial charge in [0, 0.05) is 0 Å². The number of amides is 2. The Labute approximate surface area is 207 Å². The molecule has 170 valence electrons. The van der Waals surface area contributed by atoms with Gasteiger partial charge in [0.1, 0.15) is 17.1 Å². The smallest absolute Gasteiger partial charge is 0.270 e. The van der Waals surface area contributed by atoms with Crippen LogP contribution in [-0.4, -0.2) is 16.9 Å². The van der Waals surface area contributed by atoms with Crippen molar-refractivity contribution in [1.82, 2.24) is 5.32 Å². The van der Waals surface area contributed by atoms with Gasteiger partial charge in [-0.25, -0.2) is 0 Å². The Bertz CT molecular complexity index is 1530. The summed E-state index contributed by atoms with van der Waals surface area (Å²) in [4.78, 5) is 27.6. The van der Waals surface area contributed by atoms with Crippen LogP contribution in [0.25, 0.3) is 16.8 Å². The molecule has 6 rings (SSSR count). The Morgan fingerprint density at radius 2 is 1.51 bits per heavy atom.